The van der Waals surface area contributed by atoms with Crippen molar-refractivity contribution in [3.8, 4) is 16.9 Å². The Bertz CT molecular complexity index is 1440. The van der Waals surface area contributed by atoms with Gasteiger partial charge in [0.15, 0.2) is 0 Å². The number of fused-ring (bicyclic) bond motifs is 2. The van der Waals surface area contributed by atoms with Crippen LogP contribution < -0.4 is 10.1 Å². The fourth-order valence-corrected chi connectivity index (χ4v) is 5.37. The van der Waals surface area contributed by atoms with Gasteiger partial charge in [0.25, 0.3) is 5.91 Å². The number of sulfonamides is 1. The second-order valence-corrected chi connectivity index (χ2v) is 10.8. The van der Waals surface area contributed by atoms with Crippen LogP contribution in [0.5, 0.6) is 5.75 Å². The number of amides is 1. The molecule has 180 valence electrons. The van der Waals surface area contributed by atoms with Gasteiger partial charge in [0.2, 0.25) is 10.0 Å². The fourth-order valence-electron chi connectivity index (χ4n) is 4.52. The monoisotopic (exact) mass is 490 g/mol. The van der Waals surface area contributed by atoms with Gasteiger partial charge in [0.05, 0.1) is 24.1 Å². The Labute approximate surface area is 204 Å². The van der Waals surface area contributed by atoms with Crippen molar-refractivity contribution in [3.05, 3.63) is 82.7 Å². The lowest BCUT2D eigenvalue weighted by molar-refractivity contribution is 0.0957. The van der Waals surface area contributed by atoms with Gasteiger partial charge in [-0.05, 0) is 47.7 Å². The lowest BCUT2D eigenvalue weighted by Crippen LogP contribution is -2.32. The predicted molar refractivity (Wildman–Crippen MR) is 134 cm³/mol. The summed E-state index contributed by atoms with van der Waals surface area (Å²) in [5.74, 6) is 0.294. The van der Waals surface area contributed by atoms with Gasteiger partial charge in [0, 0.05) is 42.2 Å². The second kappa shape index (κ2) is 9.24. The number of rotatable bonds is 4. The van der Waals surface area contributed by atoms with Crippen LogP contribution in [-0.2, 0) is 22.9 Å². The predicted octanol–water partition coefficient (Wildman–Crippen LogP) is 2.65. The van der Waals surface area contributed by atoms with Gasteiger partial charge in [-0.1, -0.05) is 24.3 Å². The van der Waals surface area contributed by atoms with E-state index in [2.05, 4.69) is 22.4 Å². The molecule has 0 bridgehead atoms. The van der Waals surface area contributed by atoms with Crippen molar-refractivity contribution in [2.24, 2.45) is 0 Å². The second-order valence-electron chi connectivity index (χ2n) is 8.80. The third-order valence-corrected chi connectivity index (χ3v) is 7.76. The standard InChI is InChI=1S/C26H26N4O4S/c1-35(32,33)30-9-6-17-2-3-18(12-19(17)7-10-30)21-13-22(16-28-15-21)25(27)20-4-5-23-24(14-20)34-11-8-29-26(23)31/h2-5,12-16,27H,6-11H2,1H3,(H,29,31). The first kappa shape index (κ1) is 23.2. The smallest absolute Gasteiger partial charge is 0.255 e. The van der Waals surface area contributed by atoms with Crippen LogP contribution in [0.3, 0.4) is 0 Å². The zero-order chi connectivity index (χ0) is 24.6. The number of pyridine rings is 1. The van der Waals surface area contributed by atoms with Gasteiger partial charge in [-0.3, -0.25) is 15.2 Å². The molecule has 2 aliphatic rings. The lowest BCUT2D eigenvalue weighted by Gasteiger charge is -2.16. The normalized spacial score (nSPS) is 16.2. The largest absolute Gasteiger partial charge is 0.491 e. The maximum atomic E-state index is 12.2. The number of nitrogens with zero attached hydrogens (tertiary/aromatic N) is 2. The van der Waals surface area contributed by atoms with E-state index in [0.29, 0.717) is 61.5 Å². The average Bonchev–Trinajstić information content (AvgIpc) is 3.19. The molecule has 2 aliphatic heterocycles. The Hall–Kier alpha value is -3.56. The van der Waals surface area contributed by atoms with E-state index in [1.807, 2.05) is 12.1 Å². The zero-order valence-electron chi connectivity index (χ0n) is 19.4. The van der Waals surface area contributed by atoms with Gasteiger partial charge in [0.1, 0.15) is 12.4 Å². The highest BCUT2D eigenvalue weighted by molar-refractivity contribution is 7.88. The molecule has 0 spiro atoms. The molecular formula is C26H26N4O4S. The van der Waals surface area contributed by atoms with Crippen LogP contribution in [0.25, 0.3) is 11.1 Å². The van der Waals surface area contributed by atoms with E-state index in [4.69, 9.17) is 10.1 Å². The van der Waals surface area contributed by atoms with E-state index in [1.54, 1.807) is 30.6 Å². The molecule has 2 aromatic carbocycles. The molecule has 0 radical (unpaired) electrons. The first-order chi connectivity index (χ1) is 16.8. The molecule has 0 aliphatic carbocycles. The molecule has 9 heteroatoms. The maximum Gasteiger partial charge on any atom is 0.255 e. The summed E-state index contributed by atoms with van der Waals surface area (Å²) in [5.41, 5.74) is 6.18. The van der Waals surface area contributed by atoms with Crippen LogP contribution in [0.1, 0.15) is 32.6 Å². The summed E-state index contributed by atoms with van der Waals surface area (Å²) in [6.45, 7) is 1.79. The SMILES string of the molecule is CS(=O)(=O)N1CCc2ccc(-c3cncc(C(=N)c4ccc5c(c4)OCCNC5=O)c3)cc2CC1. The van der Waals surface area contributed by atoms with E-state index in [1.165, 1.54) is 10.6 Å². The van der Waals surface area contributed by atoms with Crippen molar-refractivity contribution < 1.29 is 17.9 Å². The summed E-state index contributed by atoms with van der Waals surface area (Å²) in [4.78, 5) is 16.5. The molecule has 1 amide bonds. The van der Waals surface area contributed by atoms with E-state index < -0.39 is 10.0 Å². The van der Waals surface area contributed by atoms with Crippen molar-refractivity contribution in [1.29, 1.82) is 5.41 Å². The summed E-state index contributed by atoms with van der Waals surface area (Å²) < 4.78 is 31.2. The van der Waals surface area contributed by atoms with Crippen LogP contribution in [0.4, 0.5) is 0 Å². The molecule has 0 atom stereocenters. The summed E-state index contributed by atoms with van der Waals surface area (Å²) in [7, 11) is -3.21. The van der Waals surface area contributed by atoms with Crippen LogP contribution in [0, 0.1) is 5.41 Å². The van der Waals surface area contributed by atoms with Crippen LogP contribution in [0.15, 0.2) is 54.9 Å². The quantitative estimate of drug-likeness (QED) is 0.546. The maximum absolute atomic E-state index is 12.2. The molecule has 0 unspecified atom stereocenters. The van der Waals surface area contributed by atoms with Crippen molar-refractivity contribution in [2.45, 2.75) is 12.8 Å². The first-order valence-corrected chi connectivity index (χ1v) is 13.3. The zero-order valence-corrected chi connectivity index (χ0v) is 20.2. The molecule has 0 saturated heterocycles. The number of carbonyl (C=O) groups excluding carboxylic acids is 1. The van der Waals surface area contributed by atoms with Gasteiger partial charge in [-0.25, -0.2) is 12.7 Å². The first-order valence-electron chi connectivity index (χ1n) is 11.5. The summed E-state index contributed by atoms with van der Waals surface area (Å²) in [6.07, 6.45) is 6.01. The molecule has 8 nitrogen and oxygen atoms in total. The van der Waals surface area contributed by atoms with Gasteiger partial charge in [-0.2, -0.15) is 0 Å². The summed E-state index contributed by atoms with van der Waals surface area (Å²) >= 11 is 0. The molecular weight excluding hydrogens is 464 g/mol. The number of hydrogen-bond acceptors (Lipinski definition) is 6. The Morgan fingerprint density at radius 1 is 1.00 bits per heavy atom. The molecule has 3 aromatic rings. The molecule has 35 heavy (non-hydrogen) atoms. The number of nitrogens with one attached hydrogen (secondary N) is 2. The minimum absolute atomic E-state index is 0.179. The highest BCUT2D eigenvalue weighted by Gasteiger charge is 2.21. The number of aromatic nitrogens is 1. The minimum Gasteiger partial charge on any atom is -0.491 e. The van der Waals surface area contributed by atoms with Crippen molar-refractivity contribution in [1.82, 2.24) is 14.6 Å². The Kier molecular flexibility index (Phi) is 6.12. The van der Waals surface area contributed by atoms with Gasteiger partial charge < -0.3 is 10.1 Å². The third-order valence-electron chi connectivity index (χ3n) is 6.46. The number of carbonyl (C=O) groups is 1. The fraction of sp³-hybridized carbons (Fsp3) is 0.269. The van der Waals surface area contributed by atoms with Crippen molar-refractivity contribution in [2.75, 3.05) is 32.5 Å². The van der Waals surface area contributed by atoms with E-state index in [-0.39, 0.29) is 11.6 Å². The highest BCUT2D eigenvalue weighted by atomic mass is 32.2. The van der Waals surface area contributed by atoms with Gasteiger partial charge >= 0.3 is 0 Å². The summed E-state index contributed by atoms with van der Waals surface area (Å²) in [5, 5.41) is 11.5. The molecule has 0 fully saturated rings. The third kappa shape index (κ3) is 4.82. The molecule has 2 N–H and O–H groups in total. The lowest BCUT2D eigenvalue weighted by atomic mass is 9.95. The highest BCUT2D eigenvalue weighted by Crippen LogP contribution is 2.28. The Morgan fingerprint density at radius 2 is 1.80 bits per heavy atom. The van der Waals surface area contributed by atoms with Gasteiger partial charge in [-0.15, -0.1) is 0 Å². The van der Waals surface area contributed by atoms with E-state index >= 15 is 0 Å². The van der Waals surface area contributed by atoms with E-state index in [0.717, 1.165) is 22.3 Å². The topological polar surface area (TPSA) is 112 Å². The average molecular weight is 491 g/mol. The number of ether oxygens (including phenoxy) is 1. The summed E-state index contributed by atoms with van der Waals surface area (Å²) in [6, 6.07) is 13.3. The number of hydrogen-bond donors (Lipinski definition) is 2. The van der Waals surface area contributed by atoms with Crippen LogP contribution >= 0.6 is 0 Å². The Balaban J connectivity index is 1.41. The van der Waals surface area contributed by atoms with Crippen molar-refractivity contribution in [3.63, 3.8) is 0 Å². The molecule has 1 aromatic heterocycles. The minimum atomic E-state index is -3.21. The molecule has 5 rings (SSSR count). The van der Waals surface area contributed by atoms with E-state index in [9.17, 15) is 13.2 Å². The van der Waals surface area contributed by atoms with Crippen LogP contribution in [-0.4, -0.2) is 61.8 Å². The van der Waals surface area contributed by atoms with Crippen LogP contribution in [0.2, 0.25) is 0 Å². The Morgan fingerprint density at radius 3 is 2.60 bits per heavy atom. The number of benzene rings is 2. The molecule has 3 heterocycles. The molecule has 0 saturated carbocycles. The van der Waals surface area contributed by atoms with Crippen molar-refractivity contribution >= 4 is 21.6 Å².